The molecular weight excluding hydrogens is 409 g/mol. The van der Waals surface area contributed by atoms with Crippen LogP contribution in [0.1, 0.15) is 12.6 Å². The van der Waals surface area contributed by atoms with E-state index < -0.39 is 11.9 Å². The fourth-order valence-corrected chi connectivity index (χ4v) is 3.51. The van der Waals surface area contributed by atoms with E-state index in [9.17, 15) is 13.2 Å². The maximum atomic E-state index is 12.8. The van der Waals surface area contributed by atoms with E-state index in [1.54, 1.807) is 26.4 Å². The van der Waals surface area contributed by atoms with Crippen molar-refractivity contribution in [3.8, 4) is 17.2 Å². The van der Waals surface area contributed by atoms with E-state index >= 15 is 0 Å². The molecule has 6 nitrogen and oxygen atoms in total. The van der Waals surface area contributed by atoms with Gasteiger partial charge in [-0.1, -0.05) is 0 Å². The highest BCUT2D eigenvalue weighted by Crippen LogP contribution is 2.35. The molecule has 0 amide bonds. The number of benzene rings is 2. The average Bonchev–Trinajstić information content (AvgIpc) is 3.41. The fourth-order valence-electron chi connectivity index (χ4n) is 3.51. The summed E-state index contributed by atoms with van der Waals surface area (Å²) in [6, 6.07) is 13.8. The van der Waals surface area contributed by atoms with Crippen molar-refractivity contribution in [3.63, 3.8) is 0 Å². The molecule has 0 bridgehead atoms. The third-order valence-electron chi connectivity index (χ3n) is 5.15. The van der Waals surface area contributed by atoms with Crippen molar-refractivity contribution >= 4 is 11.4 Å². The highest BCUT2D eigenvalue weighted by molar-refractivity contribution is 5.64. The predicted octanol–water partition coefficient (Wildman–Crippen LogP) is 5.05. The molecule has 3 aromatic rings. The van der Waals surface area contributed by atoms with Crippen LogP contribution in [0.25, 0.3) is 5.69 Å². The number of nitrogens with zero attached hydrogens (tertiary/aromatic N) is 4. The molecule has 2 heterocycles. The molecule has 0 aliphatic carbocycles. The van der Waals surface area contributed by atoms with Gasteiger partial charge in [0.15, 0.2) is 17.2 Å². The number of rotatable bonds is 5. The van der Waals surface area contributed by atoms with E-state index in [4.69, 9.17) is 9.47 Å². The molecule has 1 atom stereocenters. The Morgan fingerprint density at radius 3 is 1.97 bits per heavy atom. The summed E-state index contributed by atoms with van der Waals surface area (Å²) < 4.78 is 50.3. The van der Waals surface area contributed by atoms with Gasteiger partial charge in [-0.15, -0.1) is 0 Å². The molecule has 1 aliphatic heterocycles. The second-order valence-electron chi connectivity index (χ2n) is 6.94. The summed E-state index contributed by atoms with van der Waals surface area (Å²) >= 11 is 0. The van der Waals surface area contributed by atoms with E-state index in [0.717, 1.165) is 17.4 Å². The lowest BCUT2D eigenvalue weighted by Crippen LogP contribution is -2.35. The predicted molar refractivity (Wildman–Crippen MR) is 112 cm³/mol. The zero-order valence-corrected chi connectivity index (χ0v) is 17.2. The lowest BCUT2D eigenvalue weighted by Gasteiger charge is -2.30. The number of alkyl halides is 3. The van der Waals surface area contributed by atoms with E-state index in [0.29, 0.717) is 17.2 Å². The molecule has 1 unspecified atom stereocenters. The topological polar surface area (TPSA) is 42.8 Å². The van der Waals surface area contributed by atoms with Crippen LogP contribution in [0.3, 0.4) is 0 Å². The number of halogens is 3. The third kappa shape index (κ3) is 3.90. The minimum Gasteiger partial charge on any atom is -0.493 e. The van der Waals surface area contributed by atoms with Crippen molar-refractivity contribution in [2.45, 2.75) is 19.3 Å². The van der Waals surface area contributed by atoms with Gasteiger partial charge in [-0.05, 0) is 49.4 Å². The number of ether oxygens (including phenoxy) is 2. The van der Waals surface area contributed by atoms with E-state index in [-0.39, 0.29) is 6.17 Å². The summed E-state index contributed by atoms with van der Waals surface area (Å²) in [6.45, 7) is 2.05. The van der Waals surface area contributed by atoms with Gasteiger partial charge in [-0.3, -0.25) is 0 Å². The summed E-state index contributed by atoms with van der Waals surface area (Å²) in [6.07, 6.45) is 0.726. The van der Waals surface area contributed by atoms with Crippen LogP contribution < -0.4 is 19.3 Å². The van der Waals surface area contributed by atoms with Crippen LogP contribution in [0, 0.1) is 0 Å². The monoisotopic (exact) mass is 430 g/mol. The Bertz CT molecular complexity index is 1090. The van der Waals surface area contributed by atoms with Gasteiger partial charge in [0.05, 0.1) is 19.9 Å². The van der Waals surface area contributed by atoms with Gasteiger partial charge in [0.25, 0.3) is 0 Å². The Morgan fingerprint density at radius 2 is 1.39 bits per heavy atom. The van der Waals surface area contributed by atoms with Crippen molar-refractivity contribution in [2.24, 2.45) is 0 Å². The first-order valence-electron chi connectivity index (χ1n) is 9.52. The molecule has 2 aromatic carbocycles. The number of methoxy groups -OCH3 is 2. The lowest BCUT2D eigenvalue weighted by molar-refractivity contribution is -0.141. The second-order valence-corrected chi connectivity index (χ2v) is 6.94. The maximum Gasteiger partial charge on any atom is 0.435 e. The van der Waals surface area contributed by atoms with E-state index in [2.05, 4.69) is 14.9 Å². The summed E-state index contributed by atoms with van der Waals surface area (Å²) in [7, 11) is 3.19. The van der Waals surface area contributed by atoms with Crippen molar-refractivity contribution in [1.29, 1.82) is 0 Å². The van der Waals surface area contributed by atoms with Crippen molar-refractivity contribution in [2.75, 3.05) is 24.0 Å². The molecule has 31 heavy (non-hydrogen) atoms. The summed E-state index contributed by atoms with van der Waals surface area (Å²) in [5.41, 5.74) is 1.47. The van der Waals surface area contributed by atoms with E-state index in [1.165, 1.54) is 10.9 Å². The van der Waals surface area contributed by atoms with Crippen LogP contribution in [0.4, 0.5) is 24.5 Å². The molecule has 0 N–H and O–H groups in total. The second kappa shape index (κ2) is 7.90. The zero-order valence-electron chi connectivity index (χ0n) is 17.2. The Kier molecular flexibility index (Phi) is 5.26. The fraction of sp³-hybridized carbons (Fsp3) is 0.227. The number of hydrogen-bond acceptors (Lipinski definition) is 5. The van der Waals surface area contributed by atoms with Crippen LogP contribution in [-0.2, 0) is 6.18 Å². The van der Waals surface area contributed by atoms with Gasteiger partial charge in [0, 0.05) is 36.0 Å². The Hall–Kier alpha value is -3.62. The molecule has 1 aromatic heterocycles. The first-order chi connectivity index (χ1) is 14.8. The quantitative estimate of drug-likeness (QED) is 0.567. The third-order valence-corrected chi connectivity index (χ3v) is 5.15. The molecule has 0 saturated heterocycles. The van der Waals surface area contributed by atoms with E-state index in [1.807, 2.05) is 49.7 Å². The molecule has 9 heteroatoms. The average molecular weight is 430 g/mol. The molecule has 0 radical (unpaired) electrons. The standard InChI is InChI=1S/C22H21F3N4O2/c1-15-27(12-13-28(15)18-8-9-19(30-2)20(14-18)31-3)16-4-6-17(7-5-16)29-11-10-21(26-29)22(23,24)25/h4-15H,1-3H3. The van der Waals surface area contributed by atoms with Gasteiger partial charge in [0.1, 0.15) is 6.17 Å². The maximum absolute atomic E-state index is 12.8. The summed E-state index contributed by atoms with van der Waals surface area (Å²) in [4.78, 5) is 4.14. The van der Waals surface area contributed by atoms with Gasteiger partial charge in [-0.2, -0.15) is 18.3 Å². The van der Waals surface area contributed by atoms with Gasteiger partial charge in [-0.25, -0.2) is 4.68 Å². The van der Waals surface area contributed by atoms with Crippen molar-refractivity contribution in [1.82, 2.24) is 9.78 Å². The van der Waals surface area contributed by atoms with Crippen LogP contribution in [0.5, 0.6) is 11.5 Å². The summed E-state index contributed by atoms with van der Waals surface area (Å²) in [5.74, 6) is 1.29. The van der Waals surface area contributed by atoms with Crippen LogP contribution in [-0.4, -0.2) is 30.2 Å². The zero-order chi connectivity index (χ0) is 22.2. The lowest BCUT2D eigenvalue weighted by atomic mass is 10.2. The number of hydrogen-bond donors (Lipinski definition) is 0. The molecule has 4 rings (SSSR count). The number of anilines is 2. The van der Waals surface area contributed by atoms with Crippen LogP contribution >= 0.6 is 0 Å². The van der Waals surface area contributed by atoms with Gasteiger partial charge < -0.3 is 19.3 Å². The first-order valence-corrected chi connectivity index (χ1v) is 9.52. The Labute approximate surface area is 177 Å². The van der Waals surface area contributed by atoms with Gasteiger partial charge in [0.2, 0.25) is 0 Å². The molecule has 0 saturated carbocycles. The Balaban J connectivity index is 1.52. The first kappa shape index (κ1) is 20.6. The van der Waals surface area contributed by atoms with Crippen LogP contribution in [0.15, 0.2) is 67.1 Å². The summed E-state index contributed by atoms with van der Waals surface area (Å²) in [5, 5.41) is 3.61. The highest BCUT2D eigenvalue weighted by atomic mass is 19.4. The largest absolute Gasteiger partial charge is 0.493 e. The van der Waals surface area contributed by atoms with Crippen molar-refractivity contribution in [3.05, 3.63) is 72.8 Å². The normalized spacial score (nSPS) is 16.1. The minimum atomic E-state index is -4.46. The van der Waals surface area contributed by atoms with Crippen LogP contribution in [0.2, 0.25) is 0 Å². The Morgan fingerprint density at radius 1 is 0.806 bits per heavy atom. The van der Waals surface area contributed by atoms with Crippen molar-refractivity contribution < 1.29 is 22.6 Å². The number of aromatic nitrogens is 2. The smallest absolute Gasteiger partial charge is 0.435 e. The SMILES string of the molecule is COc1ccc(N2C=CN(c3ccc(-n4ccc(C(F)(F)F)n4)cc3)C2C)cc1OC. The molecule has 0 spiro atoms. The molecule has 162 valence electrons. The molecule has 0 fully saturated rings. The highest BCUT2D eigenvalue weighted by Gasteiger charge is 2.33. The van der Waals surface area contributed by atoms with Gasteiger partial charge >= 0.3 is 6.18 Å². The molecule has 1 aliphatic rings. The minimum absolute atomic E-state index is 0.0227. The molecular formula is C22H21F3N4O2.